The molecule has 1 aliphatic rings. The number of hydrogen-bond acceptors (Lipinski definition) is 3. The van der Waals surface area contributed by atoms with Crippen LogP contribution in [0.15, 0.2) is 0 Å². The SMILES string of the molecule is COCCC(C)NC(=O)N1CCCCC1CCC(=O)O. The molecular weight excluding hydrogens is 260 g/mol. The molecule has 0 aliphatic carbocycles. The second-order valence-corrected chi connectivity index (χ2v) is 5.41. The summed E-state index contributed by atoms with van der Waals surface area (Å²) in [6.07, 6.45) is 4.38. The van der Waals surface area contributed by atoms with Gasteiger partial charge in [-0.15, -0.1) is 0 Å². The van der Waals surface area contributed by atoms with Crippen molar-refractivity contribution in [3.05, 3.63) is 0 Å². The Labute approximate surface area is 120 Å². The normalized spacial score (nSPS) is 20.5. The Bertz CT molecular complexity index is 322. The highest BCUT2D eigenvalue weighted by molar-refractivity contribution is 5.75. The van der Waals surface area contributed by atoms with Gasteiger partial charge in [0.25, 0.3) is 0 Å². The second kappa shape index (κ2) is 8.79. The number of amides is 2. The van der Waals surface area contributed by atoms with E-state index in [1.807, 2.05) is 6.92 Å². The van der Waals surface area contributed by atoms with Gasteiger partial charge in [0.15, 0.2) is 0 Å². The van der Waals surface area contributed by atoms with E-state index in [-0.39, 0.29) is 24.5 Å². The third-order valence-electron chi connectivity index (χ3n) is 3.70. The van der Waals surface area contributed by atoms with Crippen molar-refractivity contribution < 1.29 is 19.4 Å². The topological polar surface area (TPSA) is 78.9 Å². The van der Waals surface area contributed by atoms with Gasteiger partial charge in [0.05, 0.1) is 0 Å². The van der Waals surface area contributed by atoms with Crippen LogP contribution in [0, 0.1) is 0 Å². The third kappa shape index (κ3) is 5.77. The molecule has 2 amide bonds. The largest absolute Gasteiger partial charge is 0.481 e. The minimum absolute atomic E-state index is 0.0504. The van der Waals surface area contributed by atoms with Crippen LogP contribution in [0.4, 0.5) is 4.79 Å². The van der Waals surface area contributed by atoms with Crippen molar-refractivity contribution in [1.29, 1.82) is 0 Å². The fraction of sp³-hybridized carbons (Fsp3) is 0.857. The van der Waals surface area contributed by atoms with Crippen molar-refractivity contribution in [3.63, 3.8) is 0 Å². The van der Waals surface area contributed by atoms with E-state index in [2.05, 4.69) is 5.32 Å². The predicted octanol–water partition coefficient (Wildman–Crippen LogP) is 1.84. The summed E-state index contributed by atoms with van der Waals surface area (Å²) in [4.78, 5) is 24.7. The fourth-order valence-corrected chi connectivity index (χ4v) is 2.52. The first-order chi connectivity index (χ1) is 9.54. The number of likely N-dealkylation sites (tertiary alicyclic amines) is 1. The van der Waals surface area contributed by atoms with E-state index < -0.39 is 5.97 Å². The molecule has 0 saturated carbocycles. The lowest BCUT2D eigenvalue weighted by atomic mass is 9.98. The van der Waals surface area contributed by atoms with E-state index in [0.717, 1.165) is 25.7 Å². The van der Waals surface area contributed by atoms with Gasteiger partial charge >= 0.3 is 12.0 Å². The summed E-state index contributed by atoms with van der Waals surface area (Å²) in [5.74, 6) is -0.801. The van der Waals surface area contributed by atoms with Gasteiger partial charge in [-0.1, -0.05) is 0 Å². The number of piperidine rings is 1. The standard InChI is InChI=1S/C14H26N2O4/c1-11(8-10-20-2)15-14(19)16-9-4-3-5-12(16)6-7-13(17)18/h11-12H,3-10H2,1-2H3,(H,15,19)(H,17,18). The molecule has 20 heavy (non-hydrogen) atoms. The molecule has 1 saturated heterocycles. The summed E-state index contributed by atoms with van der Waals surface area (Å²) in [6, 6.07) is 0.0302. The molecule has 0 aromatic carbocycles. The van der Waals surface area contributed by atoms with Gasteiger partial charge in [-0.2, -0.15) is 0 Å². The minimum Gasteiger partial charge on any atom is -0.481 e. The van der Waals surface area contributed by atoms with E-state index in [4.69, 9.17) is 9.84 Å². The van der Waals surface area contributed by atoms with E-state index >= 15 is 0 Å². The van der Waals surface area contributed by atoms with Crippen molar-refractivity contribution in [2.24, 2.45) is 0 Å². The van der Waals surface area contributed by atoms with Gasteiger partial charge < -0.3 is 20.1 Å². The molecule has 0 aromatic rings. The van der Waals surface area contributed by atoms with Gasteiger partial charge in [0.1, 0.15) is 0 Å². The van der Waals surface area contributed by atoms with E-state index in [0.29, 0.717) is 19.6 Å². The number of carbonyl (C=O) groups is 2. The number of rotatable bonds is 7. The molecule has 1 heterocycles. The molecule has 0 radical (unpaired) electrons. The van der Waals surface area contributed by atoms with Crippen molar-refractivity contribution in [2.75, 3.05) is 20.3 Å². The van der Waals surface area contributed by atoms with Gasteiger partial charge in [0.2, 0.25) is 0 Å². The number of carbonyl (C=O) groups excluding carboxylic acids is 1. The summed E-state index contributed by atoms with van der Waals surface area (Å²) in [6.45, 7) is 3.28. The quantitative estimate of drug-likeness (QED) is 0.748. The highest BCUT2D eigenvalue weighted by atomic mass is 16.5. The first kappa shape index (κ1) is 16.8. The molecule has 0 bridgehead atoms. The Morgan fingerprint density at radius 3 is 2.85 bits per heavy atom. The number of methoxy groups -OCH3 is 1. The van der Waals surface area contributed by atoms with Gasteiger partial charge in [0, 0.05) is 38.8 Å². The monoisotopic (exact) mass is 286 g/mol. The van der Waals surface area contributed by atoms with Crippen LogP contribution in [-0.2, 0) is 9.53 Å². The molecule has 6 heteroatoms. The minimum atomic E-state index is -0.801. The van der Waals surface area contributed by atoms with Crippen LogP contribution < -0.4 is 5.32 Å². The summed E-state index contributed by atoms with van der Waals surface area (Å²) < 4.78 is 5.00. The van der Waals surface area contributed by atoms with E-state index in [9.17, 15) is 9.59 Å². The zero-order valence-electron chi connectivity index (χ0n) is 12.4. The maximum atomic E-state index is 12.3. The summed E-state index contributed by atoms with van der Waals surface area (Å²) in [5, 5.41) is 11.7. The summed E-state index contributed by atoms with van der Waals surface area (Å²) >= 11 is 0. The number of ether oxygens (including phenoxy) is 1. The number of aliphatic carboxylic acids is 1. The first-order valence-corrected chi connectivity index (χ1v) is 7.32. The molecule has 116 valence electrons. The van der Waals surface area contributed by atoms with E-state index in [1.165, 1.54) is 0 Å². The zero-order valence-corrected chi connectivity index (χ0v) is 12.4. The summed E-state index contributed by atoms with van der Waals surface area (Å²) in [7, 11) is 1.64. The van der Waals surface area contributed by atoms with Gasteiger partial charge in [-0.05, 0) is 39.0 Å². The average molecular weight is 286 g/mol. The Morgan fingerprint density at radius 1 is 1.45 bits per heavy atom. The number of nitrogens with one attached hydrogen (secondary N) is 1. The van der Waals surface area contributed by atoms with Crippen molar-refractivity contribution >= 4 is 12.0 Å². The van der Waals surface area contributed by atoms with Crippen LogP contribution in [0.5, 0.6) is 0 Å². The van der Waals surface area contributed by atoms with Crippen molar-refractivity contribution in [3.8, 4) is 0 Å². The Hall–Kier alpha value is -1.30. The van der Waals surface area contributed by atoms with Crippen molar-refractivity contribution in [1.82, 2.24) is 10.2 Å². The van der Waals surface area contributed by atoms with Crippen LogP contribution >= 0.6 is 0 Å². The molecule has 2 unspecified atom stereocenters. The Morgan fingerprint density at radius 2 is 2.20 bits per heavy atom. The summed E-state index contributed by atoms with van der Waals surface area (Å²) in [5.41, 5.74) is 0. The number of hydrogen-bond donors (Lipinski definition) is 2. The molecule has 6 nitrogen and oxygen atoms in total. The predicted molar refractivity (Wildman–Crippen MR) is 75.7 cm³/mol. The molecule has 0 aromatic heterocycles. The van der Waals surface area contributed by atoms with E-state index in [1.54, 1.807) is 12.0 Å². The molecular formula is C14H26N2O4. The third-order valence-corrected chi connectivity index (χ3v) is 3.70. The van der Waals surface area contributed by atoms with Crippen molar-refractivity contribution in [2.45, 2.75) is 57.5 Å². The molecule has 2 atom stereocenters. The Balaban J connectivity index is 2.46. The second-order valence-electron chi connectivity index (χ2n) is 5.41. The maximum absolute atomic E-state index is 12.3. The zero-order chi connectivity index (χ0) is 15.0. The molecule has 0 spiro atoms. The fourth-order valence-electron chi connectivity index (χ4n) is 2.52. The van der Waals surface area contributed by atoms with Gasteiger partial charge in [-0.3, -0.25) is 4.79 Å². The van der Waals surface area contributed by atoms with Crippen LogP contribution in [0.25, 0.3) is 0 Å². The van der Waals surface area contributed by atoms with Crippen LogP contribution in [0.2, 0.25) is 0 Å². The first-order valence-electron chi connectivity index (χ1n) is 7.32. The van der Waals surface area contributed by atoms with Crippen LogP contribution in [0.1, 0.15) is 45.4 Å². The number of nitrogens with zero attached hydrogens (tertiary/aromatic N) is 1. The highest BCUT2D eigenvalue weighted by Crippen LogP contribution is 2.21. The highest BCUT2D eigenvalue weighted by Gasteiger charge is 2.27. The number of urea groups is 1. The molecule has 1 fully saturated rings. The van der Waals surface area contributed by atoms with Crippen LogP contribution in [-0.4, -0.2) is 54.4 Å². The van der Waals surface area contributed by atoms with Crippen LogP contribution in [0.3, 0.4) is 0 Å². The number of carboxylic acid groups (broad SMARTS) is 1. The lowest BCUT2D eigenvalue weighted by Crippen LogP contribution is -2.51. The molecule has 1 aliphatic heterocycles. The lowest BCUT2D eigenvalue weighted by Gasteiger charge is -2.36. The number of carboxylic acids is 1. The Kier molecular flexibility index (Phi) is 7.36. The smallest absolute Gasteiger partial charge is 0.317 e. The molecule has 2 N–H and O–H groups in total. The van der Waals surface area contributed by atoms with Gasteiger partial charge in [-0.25, -0.2) is 4.79 Å². The average Bonchev–Trinajstić information content (AvgIpc) is 2.43. The molecule has 1 rings (SSSR count). The lowest BCUT2D eigenvalue weighted by molar-refractivity contribution is -0.137. The maximum Gasteiger partial charge on any atom is 0.317 e.